The van der Waals surface area contributed by atoms with Gasteiger partial charge in [0, 0.05) is 0 Å². The summed E-state index contributed by atoms with van der Waals surface area (Å²) in [4.78, 5) is 18.8. The van der Waals surface area contributed by atoms with Crippen molar-refractivity contribution in [2.24, 2.45) is 0 Å². The molecule has 0 saturated heterocycles. The van der Waals surface area contributed by atoms with Crippen LogP contribution in [0.1, 0.15) is 10.6 Å². The second-order valence-corrected chi connectivity index (χ2v) is 2.30. The monoisotopic (exact) mass is 220 g/mol. The van der Waals surface area contributed by atoms with Crippen molar-refractivity contribution >= 4 is 12.6 Å². The summed E-state index contributed by atoms with van der Waals surface area (Å²) in [5, 5.41) is 0. The quantitative estimate of drug-likeness (QED) is 0.576. The molecule has 2 aromatic rings. The number of rotatable bonds is 2. The van der Waals surface area contributed by atoms with Crippen molar-refractivity contribution in [3.05, 3.63) is 61.5 Å². The smallest absolute Gasteiger partial charge is 0.185 e. The maximum Gasteiger partial charge on any atom is 0.185 e. The molecular weight excluding hydrogens is 208 g/mol. The zero-order valence-electron chi connectivity index (χ0n) is 8.61. The Hall–Kier alpha value is -2.36. The van der Waals surface area contributed by atoms with Crippen LogP contribution in [-0.2, 0) is 4.79 Å². The largest absolute Gasteiger partial charge is 0.473 e. The van der Waals surface area contributed by atoms with Crippen molar-refractivity contribution in [3.63, 3.8) is 0 Å². The van der Waals surface area contributed by atoms with E-state index in [1.807, 2.05) is 12.1 Å². The Morgan fingerprint density at radius 3 is 1.88 bits per heavy atom. The van der Waals surface area contributed by atoms with Crippen LogP contribution < -0.4 is 0 Å². The molecule has 0 spiro atoms. The maximum absolute atomic E-state index is 9.77. The first-order valence-electron chi connectivity index (χ1n) is 4.37. The van der Waals surface area contributed by atoms with Crippen LogP contribution in [0.25, 0.3) is 0 Å². The predicted molar refractivity (Wildman–Crippen MR) is 59.1 cm³/mol. The van der Waals surface area contributed by atoms with E-state index in [1.54, 1.807) is 24.7 Å². The molecule has 2 heterocycles. The lowest BCUT2D eigenvalue weighted by molar-refractivity contribution is -0.104. The molecule has 2 rings (SSSR count). The molecule has 0 aliphatic rings. The molecule has 0 radical (unpaired) electrons. The molecule has 0 aliphatic heterocycles. The molecule has 0 aliphatic carbocycles. The molecule has 0 fully saturated rings. The number of carbonyl (C=O) groups is 2. The van der Waals surface area contributed by atoms with Crippen LogP contribution in [0.2, 0.25) is 0 Å². The minimum absolute atomic E-state index is 0.375. The molecule has 0 atom stereocenters. The van der Waals surface area contributed by atoms with Gasteiger partial charge in [0.05, 0.1) is 18.8 Å². The van der Waals surface area contributed by atoms with E-state index >= 15 is 0 Å². The Morgan fingerprint density at radius 1 is 1.06 bits per heavy atom. The predicted octanol–water partition coefficient (Wildman–Crippen LogP) is 2.74. The minimum atomic E-state index is 0.375. The van der Waals surface area contributed by atoms with Crippen molar-refractivity contribution < 1.29 is 18.4 Å². The van der Waals surface area contributed by atoms with Gasteiger partial charge in [-0.3, -0.25) is 9.59 Å². The number of hydrogen-bond donors (Lipinski definition) is 0. The molecule has 0 aromatic carbocycles. The third-order valence-corrected chi connectivity index (χ3v) is 1.18. The van der Waals surface area contributed by atoms with Gasteiger partial charge in [0.1, 0.15) is 6.29 Å². The zero-order chi connectivity index (χ0) is 12.1. The summed E-state index contributed by atoms with van der Waals surface area (Å²) in [6, 6.07) is 6.94. The third-order valence-electron chi connectivity index (χ3n) is 1.18. The summed E-state index contributed by atoms with van der Waals surface area (Å²) in [5.41, 5.74) is 0. The molecule has 4 heteroatoms. The van der Waals surface area contributed by atoms with E-state index in [2.05, 4.69) is 15.4 Å². The summed E-state index contributed by atoms with van der Waals surface area (Å²) in [6.07, 6.45) is 7.21. The first-order valence-corrected chi connectivity index (χ1v) is 4.37. The van der Waals surface area contributed by atoms with E-state index in [-0.39, 0.29) is 0 Å². The standard InChI is InChI=1S/C5H4O2.C4H4O.C3H4O/c6-4-5-2-1-3-7-5;1-2-4-5-3-1;1-2-3-4/h1-4H;1-4H;2-3H,1H2. The summed E-state index contributed by atoms with van der Waals surface area (Å²) < 4.78 is 9.20. The lowest BCUT2D eigenvalue weighted by Crippen LogP contribution is -1.65. The van der Waals surface area contributed by atoms with Crippen LogP contribution in [0.4, 0.5) is 0 Å². The normalized spacial score (nSPS) is 7.50. The van der Waals surface area contributed by atoms with Gasteiger partial charge in [0.2, 0.25) is 0 Å². The van der Waals surface area contributed by atoms with Crippen LogP contribution in [0.3, 0.4) is 0 Å². The highest BCUT2D eigenvalue weighted by Crippen LogP contribution is 1.92. The maximum atomic E-state index is 9.77. The molecule has 0 unspecified atom stereocenters. The van der Waals surface area contributed by atoms with E-state index < -0.39 is 0 Å². The molecular formula is C12H12O4. The molecule has 16 heavy (non-hydrogen) atoms. The SMILES string of the molecule is C=CC=O.O=Cc1ccco1.c1ccoc1. The Morgan fingerprint density at radius 2 is 1.69 bits per heavy atom. The average molecular weight is 220 g/mol. The minimum Gasteiger partial charge on any atom is -0.473 e. The fourth-order valence-corrected chi connectivity index (χ4v) is 0.585. The van der Waals surface area contributed by atoms with Gasteiger partial charge in [-0.2, -0.15) is 0 Å². The Bertz CT molecular complexity index is 336. The van der Waals surface area contributed by atoms with Gasteiger partial charge < -0.3 is 8.83 Å². The number of carbonyl (C=O) groups excluding carboxylic acids is 2. The highest BCUT2D eigenvalue weighted by atomic mass is 16.3. The van der Waals surface area contributed by atoms with Crippen molar-refractivity contribution in [2.45, 2.75) is 0 Å². The molecule has 0 saturated carbocycles. The number of aldehydes is 2. The van der Waals surface area contributed by atoms with Gasteiger partial charge in [-0.15, -0.1) is 0 Å². The van der Waals surface area contributed by atoms with Gasteiger partial charge in [0.25, 0.3) is 0 Å². The average Bonchev–Trinajstić information content (AvgIpc) is 3.03. The van der Waals surface area contributed by atoms with E-state index in [9.17, 15) is 4.79 Å². The van der Waals surface area contributed by atoms with Crippen molar-refractivity contribution in [1.29, 1.82) is 0 Å². The fourth-order valence-electron chi connectivity index (χ4n) is 0.585. The molecule has 2 aromatic heterocycles. The molecule has 84 valence electrons. The number of allylic oxidation sites excluding steroid dienone is 1. The van der Waals surface area contributed by atoms with Crippen LogP contribution in [0.15, 0.2) is 64.5 Å². The highest BCUT2D eigenvalue weighted by Gasteiger charge is 1.84. The summed E-state index contributed by atoms with van der Waals surface area (Å²) >= 11 is 0. The van der Waals surface area contributed by atoms with Gasteiger partial charge in [-0.25, -0.2) is 0 Å². The van der Waals surface area contributed by atoms with Crippen LogP contribution in [-0.4, -0.2) is 12.6 Å². The summed E-state index contributed by atoms with van der Waals surface area (Å²) in [7, 11) is 0. The molecule has 4 nitrogen and oxygen atoms in total. The van der Waals surface area contributed by atoms with Gasteiger partial charge in [-0.1, -0.05) is 6.58 Å². The van der Waals surface area contributed by atoms with E-state index in [0.29, 0.717) is 18.3 Å². The van der Waals surface area contributed by atoms with Crippen molar-refractivity contribution in [1.82, 2.24) is 0 Å². The van der Waals surface area contributed by atoms with Gasteiger partial charge in [-0.05, 0) is 30.3 Å². The summed E-state index contributed by atoms with van der Waals surface area (Å²) in [5.74, 6) is 0.375. The third kappa shape index (κ3) is 8.25. The van der Waals surface area contributed by atoms with Gasteiger partial charge in [0.15, 0.2) is 12.0 Å². The van der Waals surface area contributed by atoms with Crippen LogP contribution in [0, 0.1) is 0 Å². The Kier molecular flexibility index (Phi) is 9.14. The Labute approximate surface area is 93.2 Å². The first kappa shape index (κ1) is 13.6. The van der Waals surface area contributed by atoms with Crippen molar-refractivity contribution in [3.8, 4) is 0 Å². The van der Waals surface area contributed by atoms with Crippen molar-refractivity contribution in [2.75, 3.05) is 0 Å². The van der Waals surface area contributed by atoms with E-state index in [1.165, 1.54) is 12.3 Å². The van der Waals surface area contributed by atoms with E-state index in [0.717, 1.165) is 0 Å². The highest BCUT2D eigenvalue weighted by molar-refractivity contribution is 5.69. The number of furan rings is 2. The topological polar surface area (TPSA) is 60.4 Å². The van der Waals surface area contributed by atoms with Gasteiger partial charge >= 0.3 is 0 Å². The fraction of sp³-hybridized carbons (Fsp3) is 0. The molecule has 0 amide bonds. The Balaban J connectivity index is 0.000000222. The summed E-state index contributed by atoms with van der Waals surface area (Å²) in [6.45, 7) is 3.11. The van der Waals surface area contributed by atoms with Crippen LogP contribution in [0.5, 0.6) is 0 Å². The second kappa shape index (κ2) is 10.7. The lowest BCUT2D eigenvalue weighted by Gasteiger charge is -1.68. The lowest BCUT2D eigenvalue weighted by atomic mass is 10.5. The first-order chi connectivity index (χ1) is 7.85. The molecule has 0 N–H and O–H groups in total. The number of hydrogen-bond acceptors (Lipinski definition) is 4. The van der Waals surface area contributed by atoms with Crippen LogP contribution >= 0.6 is 0 Å². The second-order valence-electron chi connectivity index (χ2n) is 2.30. The molecule has 0 bridgehead atoms. The zero-order valence-corrected chi connectivity index (χ0v) is 8.61. The van der Waals surface area contributed by atoms with E-state index in [4.69, 9.17) is 4.79 Å².